The van der Waals surface area contributed by atoms with Gasteiger partial charge in [-0.05, 0) is 77.0 Å². The Balaban J connectivity index is 2.13. The van der Waals surface area contributed by atoms with E-state index in [4.69, 9.17) is 9.47 Å². The van der Waals surface area contributed by atoms with Crippen molar-refractivity contribution in [1.82, 2.24) is 5.32 Å². The molecular weight excluding hydrogens is 1070 g/mol. The van der Waals surface area contributed by atoms with E-state index in [1.807, 2.05) is 6.08 Å². The molecule has 0 aliphatic carbocycles. The predicted molar refractivity (Wildman–Crippen MR) is 368 cm³/mol. The number of rotatable bonds is 64. The van der Waals surface area contributed by atoms with Gasteiger partial charge in [0, 0.05) is 6.42 Å². The highest BCUT2D eigenvalue weighted by molar-refractivity contribution is 5.76. The van der Waals surface area contributed by atoms with Crippen LogP contribution in [-0.4, -0.2) is 87.5 Å². The molecule has 1 fully saturated rings. The predicted octanol–water partition coefficient (Wildman–Crippen LogP) is 20.5. The van der Waals surface area contributed by atoms with Gasteiger partial charge in [0.15, 0.2) is 6.29 Å². The quantitative estimate of drug-likeness (QED) is 0.0261. The van der Waals surface area contributed by atoms with Crippen LogP contribution in [-0.2, 0) is 14.3 Å². The normalized spacial score (nSPS) is 18.5. The number of aliphatic hydroxyl groups is 5. The minimum absolute atomic E-state index is 0.184. The molecule has 0 radical (unpaired) electrons. The zero-order chi connectivity index (χ0) is 62.1. The third-order valence-corrected chi connectivity index (χ3v) is 17.2. The summed E-state index contributed by atoms with van der Waals surface area (Å²) in [6.45, 7) is 3.69. The second-order valence-electron chi connectivity index (χ2n) is 25.3. The molecule has 9 heteroatoms. The van der Waals surface area contributed by atoms with Crippen molar-refractivity contribution in [2.75, 3.05) is 13.2 Å². The van der Waals surface area contributed by atoms with Gasteiger partial charge in [-0.15, -0.1) is 0 Å². The van der Waals surface area contributed by atoms with Crippen molar-refractivity contribution in [1.29, 1.82) is 0 Å². The van der Waals surface area contributed by atoms with Gasteiger partial charge in [0.1, 0.15) is 24.4 Å². The van der Waals surface area contributed by atoms with Gasteiger partial charge in [0.2, 0.25) is 5.91 Å². The molecule has 1 heterocycles. The van der Waals surface area contributed by atoms with Gasteiger partial charge in [-0.25, -0.2) is 0 Å². The number of nitrogens with one attached hydrogen (secondary N) is 1. The Morgan fingerprint density at radius 2 is 0.733 bits per heavy atom. The van der Waals surface area contributed by atoms with Gasteiger partial charge < -0.3 is 40.3 Å². The first kappa shape index (κ1) is 81.4. The first-order valence-electron chi connectivity index (χ1n) is 36.8. The molecule has 0 bridgehead atoms. The van der Waals surface area contributed by atoms with Gasteiger partial charge >= 0.3 is 0 Å². The maximum atomic E-state index is 13.1. The van der Waals surface area contributed by atoms with E-state index in [1.165, 1.54) is 250 Å². The minimum atomic E-state index is -1.58. The standard InChI is InChI=1S/C77H139NO8/c1-3-5-7-9-11-13-15-17-19-21-23-25-27-29-31-33-35-36-37-39-41-43-45-47-49-51-53-55-57-59-61-63-65-67-73(81)78-70(69-85-77-76(84)75(83)74(82)72(68-79)86-77)71(80)66-64-62-60-58-56-54-52-50-48-46-44-42-40-38-34-32-30-28-26-24-22-20-18-16-14-12-10-8-6-4-2/h5,7,11,13,17,19,23,25,29,31,56,58,64,66,70-72,74-77,79-80,82-84H,3-4,6,8-10,12,14-16,18,20-22,24,26-28,30,32-55,57,59-63,65,67-69H2,1-2H3,(H,78,81)/b7-5-,13-11-,19-17-,25-23-,31-29-,58-56+,66-64+. The fourth-order valence-electron chi connectivity index (χ4n) is 11.5. The Hall–Kier alpha value is -2.63. The third-order valence-electron chi connectivity index (χ3n) is 17.2. The van der Waals surface area contributed by atoms with Crippen LogP contribution in [0.15, 0.2) is 85.1 Å². The third kappa shape index (κ3) is 53.2. The van der Waals surface area contributed by atoms with Crippen molar-refractivity contribution in [3.05, 3.63) is 85.1 Å². The Kier molecular flexibility index (Phi) is 61.8. The lowest BCUT2D eigenvalue weighted by molar-refractivity contribution is -0.302. The lowest BCUT2D eigenvalue weighted by Crippen LogP contribution is -2.60. The van der Waals surface area contributed by atoms with Crippen molar-refractivity contribution < 1.29 is 39.8 Å². The largest absolute Gasteiger partial charge is 0.394 e. The number of amides is 1. The Bertz CT molecular complexity index is 1640. The van der Waals surface area contributed by atoms with Gasteiger partial charge in [-0.2, -0.15) is 0 Å². The summed E-state index contributed by atoms with van der Waals surface area (Å²) in [5.41, 5.74) is 0. The van der Waals surface area contributed by atoms with Crippen molar-refractivity contribution >= 4 is 5.91 Å². The molecule has 86 heavy (non-hydrogen) atoms. The van der Waals surface area contributed by atoms with Gasteiger partial charge in [0.25, 0.3) is 0 Å². The summed E-state index contributed by atoms with van der Waals surface area (Å²) in [4.78, 5) is 13.1. The molecule has 1 amide bonds. The molecule has 1 saturated heterocycles. The SMILES string of the molecule is CC/C=C\C/C=C\C/C=C\C/C=C\C/C=C\CCCCCCCCCCCCCCCCCCCC(=O)NC(COC1OC(CO)C(O)C(O)C1O)C(O)/C=C/CC/C=C/CCCCCCCCCCCCCCCCCCCCCCCCCC. The number of unbranched alkanes of at least 4 members (excludes halogenated alkanes) is 42. The Morgan fingerprint density at radius 1 is 0.407 bits per heavy atom. The first-order chi connectivity index (χ1) is 42.3. The van der Waals surface area contributed by atoms with Crippen LogP contribution in [0.4, 0.5) is 0 Å². The van der Waals surface area contributed by atoms with E-state index >= 15 is 0 Å². The number of ether oxygens (including phenoxy) is 2. The van der Waals surface area contributed by atoms with E-state index in [9.17, 15) is 30.3 Å². The van der Waals surface area contributed by atoms with E-state index in [0.29, 0.717) is 6.42 Å². The molecule has 0 aromatic rings. The van der Waals surface area contributed by atoms with E-state index < -0.39 is 49.5 Å². The topological polar surface area (TPSA) is 149 Å². The highest BCUT2D eigenvalue weighted by Crippen LogP contribution is 2.23. The average molecular weight is 1210 g/mol. The van der Waals surface area contributed by atoms with Crippen molar-refractivity contribution in [2.45, 2.75) is 384 Å². The monoisotopic (exact) mass is 1210 g/mol. The molecule has 500 valence electrons. The number of hydrogen-bond donors (Lipinski definition) is 6. The maximum absolute atomic E-state index is 13.1. The van der Waals surface area contributed by atoms with Crippen LogP contribution in [0.25, 0.3) is 0 Å². The lowest BCUT2D eigenvalue weighted by atomic mass is 9.99. The van der Waals surface area contributed by atoms with Gasteiger partial charge in [-0.3, -0.25) is 4.79 Å². The number of carbonyl (C=O) groups excluding carboxylic acids is 1. The smallest absolute Gasteiger partial charge is 0.220 e. The average Bonchev–Trinajstić information content (AvgIpc) is 2.60. The summed E-state index contributed by atoms with van der Waals surface area (Å²) in [5, 5.41) is 54.8. The van der Waals surface area contributed by atoms with Crippen LogP contribution in [0.3, 0.4) is 0 Å². The molecule has 1 rings (SSSR count). The van der Waals surface area contributed by atoms with Crippen LogP contribution in [0.1, 0.15) is 341 Å². The van der Waals surface area contributed by atoms with Crippen LogP contribution >= 0.6 is 0 Å². The second-order valence-corrected chi connectivity index (χ2v) is 25.3. The van der Waals surface area contributed by atoms with Gasteiger partial charge in [0.05, 0.1) is 25.4 Å². The summed E-state index contributed by atoms with van der Waals surface area (Å²) < 4.78 is 11.3. The molecule has 7 unspecified atom stereocenters. The summed E-state index contributed by atoms with van der Waals surface area (Å²) in [5.74, 6) is -0.184. The summed E-state index contributed by atoms with van der Waals surface area (Å²) in [6, 6.07) is -0.827. The fraction of sp³-hybridized carbons (Fsp3) is 0.805. The van der Waals surface area contributed by atoms with Crippen molar-refractivity contribution in [3.63, 3.8) is 0 Å². The Labute approximate surface area is 531 Å². The summed E-state index contributed by atoms with van der Waals surface area (Å²) in [7, 11) is 0. The molecule has 7 atom stereocenters. The van der Waals surface area contributed by atoms with Crippen molar-refractivity contribution in [3.8, 4) is 0 Å². The molecule has 0 spiro atoms. The molecule has 6 N–H and O–H groups in total. The summed E-state index contributed by atoms with van der Waals surface area (Å²) >= 11 is 0. The van der Waals surface area contributed by atoms with Crippen molar-refractivity contribution in [2.24, 2.45) is 0 Å². The van der Waals surface area contributed by atoms with E-state index in [1.54, 1.807) is 6.08 Å². The van der Waals surface area contributed by atoms with Crippen LogP contribution < -0.4 is 5.32 Å². The van der Waals surface area contributed by atoms with E-state index in [0.717, 1.165) is 70.6 Å². The maximum Gasteiger partial charge on any atom is 0.220 e. The molecule has 0 saturated carbocycles. The highest BCUT2D eigenvalue weighted by atomic mass is 16.7. The lowest BCUT2D eigenvalue weighted by Gasteiger charge is -2.40. The van der Waals surface area contributed by atoms with Crippen LogP contribution in [0.5, 0.6) is 0 Å². The number of hydrogen-bond acceptors (Lipinski definition) is 8. The molecule has 1 aliphatic rings. The summed E-state index contributed by atoms with van der Waals surface area (Å²) in [6.07, 6.45) is 87.1. The molecular formula is C77H139NO8. The fourth-order valence-corrected chi connectivity index (χ4v) is 11.5. The zero-order valence-electron chi connectivity index (χ0n) is 56.1. The first-order valence-corrected chi connectivity index (χ1v) is 36.8. The molecule has 1 aliphatic heterocycles. The van der Waals surface area contributed by atoms with E-state index in [2.05, 4.69) is 92.1 Å². The number of allylic oxidation sites excluding steroid dienone is 13. The molecule has 0 aromatic heterocycles. The van der Waals surface area contributed by atoms with E-state index in [-0.39, 0.29) is 12.5 Å². The minimum Gasteiger partial charge on any atom is -0.394 e. The van der Waals surface area contributed by atoms with Crippen LogP contribution in [0.2, 0.25) is 0 Å². The Morgan fingerprint density at radius 3 is 1.12 bits per heavy atom. The van der Waals surface area contributed by atoms with Gasteiger partial charge in [-0.1, -0.05) is 343 Å². The number of carbonyl (C=O) groups is 1. The zero-order valence-corrected chi connectivity index (χ0v) is 56.1. The van der Waals surface area contributed by atoms with Crippen LogP contribution in [0, 0.1) is 0 Å². The molecule has 9 nitrogen and oxygen atoms in total. The number of aliphatic hydroxyl groups excluding tert-OH is 5. The highest BCUT2D eigenvalue weighted by Gasteiger charge is 2.44. The second kappa shape index (κ2) is 65.3. The molecule has 0 aromatic carbocycles.